The molecule has 0 amide bonds. The molecular weight excluding hydrogens is 268 g/mol. The van der Waals surface area contributed by atoms with Crippen molar-refractivity contribution in [2.24, 2.45) is 0 Å². The molecule has 0 radical (unpaired) electrons. The van der Waals surface area contributed by atoms with Crippen LogP contribution in [0.15, 0.2) is 6.07 Å². The van der Waals surface area contributed by atoms with Crippen LogP contribution >= 0.6 is 0 Å². The molecule has 0 aromatic carbocycles. The largest absolute Gasteiger partial charge is 0.477 e. The van der Waals surface area contributed by atoms with Crippen LogP contribution in [0.1, 0.15) is 48.3 Å². The van der Waals surface area contributed by atoms with Gasteiger partial charge in [-0.25, -0.2) is 14.8 Å². The third-order valence-electron chi connectivity index (χ3n) is 4.38. The first-order chi connectivity index (χ1) is 9.93. The van der Waals surface area contributed by atoms with Crippen LogP contribution in [-0.2, 0) is 0 Å². The van der Waals surface area contributed by atoms with E-state index >= 15 is 0 Å². The summed E-state index contributed by atoms with van der Waals surface area (Å²) in [6.45, 7) is 2.52. The Labute approximate surface area is 125 Å². The zero-order valence-corrected chi connectivity index (χ0v) is 13.0. The van der Waals surface area contributed by atoms with Gasteiger partial charge >= 0.3 is 5.97 Å². The number of aryl methyl sites for hydroxylation is 1. The summed E-state index contributed by atoms with van der Waals surface area (Å²) in [5.74, 6) is -0.622. The van der Waals surface area contributed by atoms with Gasteiger partial charge in [0.1, 0.15) is 0 Å². The maximum atomic E-state index is 11.1. The van der Waals surface area contributed by atoms with E-state index in [1.807, 2.05) is 0 Å². The summed E-state index contributed by atoms with van der Waals surface area (Å²) in [5.41, 5.74) is 0.800. The lowest BCUT2D eigenvalue weighted by Crippen LogP contribution is -2.51. The minimum absolute atomic E-state index is 0.0348. The lowest BCUT2D eigenvalue weighted by Gasteiger charge is -2.43. The van der Waals surface area contributed by atoms with E-state index in [1.165, 1.54) is 25.3 Å². The Balaban J connectivity index is 2.12. The van der Waals surface area contributed by atoms with Crippen LogP contribution in [0.4, 0.5) is 5.95 Å². The zero-order valence-electron chi connectivity index (χ0n) is 13.0. The van der Waals surface area contributed by atoms with Crippen molar-refractivity contribution >= 4 is 11.9 Å². The predicted molar refractivity (Wildman–Crippen MR) is 81.7 cm³/mol. The molecule has 0 spiro atoms. The molecule has 0 unspecified atom stereocenters. The summed E-state index contributed by atoms with van der Waals surface area (Å²) in [6.07, 6.45) is 6.04. The van der Waals surface area contributed by atoms with Gasteiger partial charge in [0.25, 0.3) is 0 Å². The van der Waals surface area contributed by atoms with E-state index in [2.05, 4.69) is 34.3 Å². The third kappa shape index (κ3) is 3.69. The van der Waals surface area contributed by atoms with Gasteiger partial charge in [0.05, 0.1) is 0 Å². The van der Waals surface area contributed by atoms with E-state index in [9.17, 15) is 4.79 Å². The average molecular weight is 292 g/mol. The SMILES string of the molecule is Cc1cc(C(=O)O)nc(NCC2(N(C)C)CCCCC2)n1. The minimum Gasteiger partial charge on any atom is -0.477 e. The fraction of sp³-hybridized carbons (Fsp3) is 0.667. The monoisotopic (exact) mass is 292 g/mol. The molecule has 1 aliphatic carbocycles. The van der Waals surface area contributed by atoms with Crippen molar-refractivity contribution in [3.8, 4) is 0 Å². The first-order valence-corrected chi connectivity index (χ1v) is 7.43. The van der Waals surface area contributed by atoms with Crippen molar-refractivity contribution in [1.82, 2.24) is 14.9 Å². The number of carboxylic acids is 1. The van der Waals surface area contributed by atoms with Gasteiger partial charge in [-0.3, -0.25) is 0 Å². The summed E-state index contributed by atoms with van der Waals surface area (Å²) in [4.78, 5) is 21.7. The molecule has 1 aromatic heterocycles. The van der Waals surface area contributed by atoms with Gasteiger partial charge in [-0.05, 0) is 39.9 Å². The molecule has 116 valence electrons. The van der Waals surface area contributed by atoms with Gasteiger partial charge in [0, 0.05) is 17.8 Å². The minimum atomic E-state index is -1.02. The Morgan fingerprint density at radius 3 is 2.57 bits per heavy atom. The number of nitrogens with zero attached hydrogens (tertiary/aromatic N) is 3. The number of rotatable bonds is 5. The maximum Gasteiger partial charge on any atom is 0.354 e. The average Bonchev–Trinajstić information content (AvgIpc) is 2.45. The molecule has 1 aromatic rings. The molecule has 6 nitrogen and oxygen atoms in total. The number of aromatic nitrogens is 2. The topological polar surface area (TPSA) is 78.3 Å². The number of carbonyl (C=O) groups is 1. The highest BCUT2D eigenvalue weighted by Gasteiger charge is 2.34. The Kier molecular flexibility index (Phi) is 4.77. The standard InChI is InChI=1S/C15H24N4O2/c1-11-9-12(13(20)21)18-14(17-11)16-10-15(19(2)3)7-5-4-6-8-15/h9H,4-8,10H2,1-3H3,(H,20,21)(H,16,17,18). The molecule has 2 rings (SSSR count). The molecule has 1 saturated carbocycles. The Hall–Kier alpha value is -1.69. The molecule has 0 aliphatic heterocycles. The van der Waals surface area contributed by atoms with E-state index in [4.69, 9.17) is 5.11 Å². The molecule has 21 heavy (non-hydrogen) atoms. The van der Waals surface area contributed by atoms with Crippen LogP contribution in [0.2, 0.25) is 0 Å². The first kappa shape index (κ1) is 15.7. The Morgan fingerprint density at radius 2 is 2.00 bits per heavy atom. The van der Waals surface area contributed by atoms with Crippen molar-refractivity contribution in [3.63, 3.8) is 0 Å². The van der Waals surface area contributed by atoms with Crippen molar-refractivity contribution in [2.45, 2.75) is 44.6 Å². The van der Waals surface area contributed by atoms with E-state index in [0.717, 1.165) is 19.4 Å². The third-order valence-corrected chi connectivity index (χ3v) is 4.38. The van der Waals surface area contributed by atoms with E-state index in [1.54, 1.807) is 6.92 Å². The molecule has 6 heteroatoms. The van der Waals surface area contributed by atoms with Gasteiger partial charge < -0.3 is 15.3 Å². The molecule has 1 fully saturated rings. The lowest BCUT2D eigenvalue weighted by molar-refractivity contribution is 0.0690. The number of anilines is 1. The van der Waals surface area contributed by atoms with Crippen molar-refractivity contribution in [1.29, 1.82) is 0 Å². The number of carboxylic acid groups (broad SMARTS) is 1. The van der Waals surface area contributed by atoms with Crippen molar-refractivity contribution < 1.29 is 9.90 Å². The number of nitrogens with one attached hydrogen (secondary N) is 1. The summed E-state index contributed by atoms with van der Waals surface area (Å²) in [5, 5.41) is 12.3. The van der Waals surface area contributed by atoms with Crippen LogP contribution in [0, 0.1) is 6.92 Å². The molecule has 0 bridgehead atoms. The number of hydrogen-bond donors (Lipinski definition) is 2. The number of aromatic carboxylic acids is 1. The zero-order chi connectivity index (χ0) is 15.5. The molecule has 0 saturated heterocycles. The molecule has 1 heterocycles. The van der Waals surface area contributed by atoms with Crippen LogP contribution in [-0.4, -0.2) is 52.1 Å². The highest BCUT2D eigenvalue weighted by atomic mass is 16.4. The fourth-order valence-corrected chi connectivity index (χ4v) is 2.99. The fourth-order valence-electron chi connectivity index (χ4n) is 2.99. The van der Waals surface area contributed by atoms with Gasteiger partial charge in [-0.2, -0.15) is 0 Å². The highest BCUT2D eigenvalue weighted by molar-refractivity contribution is 5.85. The summed E-state index contributed by atoms with van der Waals surface area (Å²) < 4.78 is 0. The first-order valence-electron chi connectivity index (χ1n) is 7.43. The Morgan fingerprint density at radius 1 is 1.33 bits per heavy atom. The highest BCUT2D eigenvalue weighted by Crippen LogP contribution is 2.32. The summed E-state index contributed by atoms with van der Waals surface area (Å²) in [7, 11) is 4.21. The van der Waals surface area contributed by atoms with Crippen LogP contribution in [0.5, 0.6) is 0 Å². The smallest absolute Gasteiger partial charge is 0.354 e. The van der Waals surface area contributed by atoms with Crippen molar-refractivity contribution in [2.75, 3.05) is 26.0 Å². The molecule has 1 aliphatic rings. The summed E-state index contributed by atoms with van der Waals surface area (Å²) >= 11 is 0. The normalized spacial score (nSPS) is 17.7. The van der Waals surface area contributed by atoms with Gasteiger partial charge in [-0.1, -0.05) is 19.3 Å². The number of likely N-dealkylation sites (N-methyl/N-ethyl adjacent to an activating group) is 1. The predicted octanol–water partition coefficient (Wildman–Crippen LogP) is 2.16. The lowest BCUT2D eigenvalue weighted by atomic mass is 9.80. The van der Waals surface area contributed by atoms with Crippen LogP contribution in [0.3, 0.4) is 0 Å². The molecule has 0 atom stereocenters. The maximum absolute atomic E-state index is 11.1. The second-order valence-electron chi connectivity index (χ2n) is 6.06. The van der Waals surface area contributed by atoms with Crippen LogP contribution < -0.4 is 5.32 Å². The van der Waals surface area contributed by atoms with E-state index in [0.29, 0.717) is 11.6 Å². The second kappa shape index (κ2) is 6.39. The second-order valence-corrected chi connectivity index (χ2v) is 6.06. The van der Waals surface area contributed by atoms with E-state index < -0.39 is 5.97 Å². The molecular formula is C15H24N4O2. The van der Waals surface area contributed by atoms with Gasteiger partial charge in [0.2, 0.25) is 5.95 Å². The quantitative estimate of drug-likeness (QED) is 0.866. The van der Waals surface area contributed by atoms with Crippen LogP contribution in [0.25, 0.3) is 0 Å². The molecule has 2 N–H and O–H groups in total. The van der Waals surface area contributed by atoms with Crippen molar-refractivity contribution in [3.05, 3.63) is 17.5 Å². The summed E-state index contributed by atoms with van der Waals surface area (Å²) in [6, 6.07) is 1.48. The van der Waals surface area contributed by atoms with Gasteiger partial charge in [0.15, 0.2) is 5.69 Å². The Bertz CT molecular complexity index is 510. The number of hydrogen-bond acceptors (Lipinski definition) is 5. The van der Waals surface area contributed by atoms with E-state index in [-0.39, 0.29) is 11.2 Å². The van der Waals surface area contributed by atoms with Gasteiger partial charge in [-0.15, -0.1) is 0 Å².